The molecule has 1 heterocycles. The van der Waals surface area contributed by atoms with Gasteiger partial charge < -0.3 is 14.4 Å². The Morgan fingerprint density at radius 3 is 2.57 bits per heavy atom. The summed E-state index contributed by atoms with van der Waals surface area (Å²) in [5.74, 6) is 1.40. The van der Waals surface area contributed by atoms with E-state index < -0.39 is 5.97 Å². The summed E-state index contributed by atoms with van der Waals surface area (Å²) in [6, 6.07) is 13.6. The number of piperidine rings is 1. The van der Waals surface area contributed by atoms with Gasteiger partial charge in [-0.05, 0) is 47.6 Å². The van der Waals surface area contributed by atoms with Crippen molar-refractivity contribution in [3.8, 4) is 5.75 Å². The van der Waals surface area contributed by atoms with E-state index in [1.165, 1.54) is 25.7 Å². The number of fused-ring (bicyclic) bond motifs is 2. The summed E-state index contributed by atoms with van der Waals surface area (Å²) < 4.78 is 10.7. The molecule has 148 valence electrons. The number of esters is 1. The highest BCUT2D eigenvalue weighted by Gasteiger charge is 2.33. The summed E-state index contributed by atoms with van der Waals surface area (Å²) in [4.78, 5) is 26.2. The second kappa shape index (κ2) is 8.63. The Balaban J connectivity index is 1.22. The van der Waals surface area contributed by atoms with E-state index in [-0.39, 0.29) is 19.1 Å². The van der Waals surface area contributed by atoms with Crippen molar-refractivity contribution < 1.29 is 19.1 Å². The van der Waals surface area contributed by atoms with Gasteiger partial charge in [0.25, 0.3) is 5.91 Å². The van der Waals surface area contributed by atoms with Crippen LogP contribution >= 0.6 is 0 Å². The summed E-state index contributed by atoms with van der Waals surface area (Å²) in [5, 5.41) is 2.17. The van der Waals surface area contributed by atoms with Gasteiger partial charge in [-0.15, -0.1) is 0 Å². The van der Waals surface area contributed by atoms with Gasteiger partial charge in [-0.3, -0.25) is 4.79 Å². The van der Waals surface area contributed by atoms with Crippen LogP contribution in [0.25, 0.3) is 10.8 Å². The number of hydrogen-bond acceptors (Lipinski definition) is 4. The molecule has 1 aliphatic heterocycles. The van der Waals surface area contributed by atoms with E-state index in [2.05, 4.69) is 0 Å². The molecular weight excluding hydrogens is 354 g/mol. The fourth-order valence-corrected chi connectivity index (χ4v) is 4.50. The maximum absolute atomic E-state index is 12.4. The molecule has 2 fully saturated rings. The molecule has 2 aromatic rings. The Hall–Kier alpha value is -2.56. The van der Waals surface area contributed by atoms with E-state index in [1.807, 2.05) is 47.4 Å². The standard InChI is InChI=1S/C23H27NO4/c25-22(24-12-11-18-6-2-4-8-20(18)14-24)15-28-23(26)16-27-21-10-9-17-5-1-3-7-19(17)13-21/h1,3,5,7,9-10,13,18,20H,2,4,6,8,11-12,14-16H2/t18-,20+/m0/s1. The first kappa shape index (κ1) is 18.8. The normalized spacial score (nSPS) is 21.8. The molecule has 1 saturated heterocycles. The first-order valence-corrected chi connectivity index (χ1v) is 10.2. The van der Waals surface area contributed by atoms with Gasteiger partial charge in [0, 0.05) is 13.1 Å². The third-order valence-electron chi connectivity index (χ3n) is 6.08. The SMILES string of the molecule is O=C(COc1ccc2ccccc2c1)OCC(=O)N1CC[C@@H]2CCCC[C@@H]2C1. The lowest BCUT2D eigenvalue weighted by Gasteiger charge is -2.41. The van der Waals surface area contributed by atoms with Crippen molar-refractivity contribution in [2.24, 2.45) is 11.8 Å². The number of nitrogens with zero attached hydrogens (tertiary/aromatic N) is 1. The maximum atomic E-state index is 12.4. The molecule has 1 aliphatic carbocycles. The maximum Gasteiger partial charge on any atom is 0.344 e. The van der Waals surface area contributed by atoms with E-state index in [1.54, 1.807) is 0 Å². The number of hydrogen-bond donors (Lipinski definition) is 0. The van der Waals surface area contributed by atoms with Gasteiger partial charge in [0.05, 0.1) is 0 Å². The molecule has 0 radical (unpaired) electrons. The van der Waals surface area contributed by atoms with Crippen molar-refractivity contribution in [2.75, 3.05) is 26.3 Å². The number of rotatable bonds is 5. The monoisotopic (exact) mass is 381 g/mol. The number of benzene rings is 2. The molecule has 28 heavy (non-hydrogen) atoms. The second-order valence-electron chi connectivity index (χ2n) is 7.89. The van der Waals surface area contributed by atoms with Gasteiger partial charge in [0.1, 0.15) is 5.75 Å². The molecule has 2 aliphatic rings. The molecular formula is C23H27NO4. The molecule has 0 unspecified atom stereocenters. The van der Waals surface area contributed by atoms with Crippen molar-refractivity contribution in [2.45, 2.75) is 32.1 Å². The molecule has 5 heteroatoms. The summed E-state index contributed by atoms with van der Waals surface area (Å²) >= 11 is 0. The fraction of sp³-hybridized carbons (Fsp3) is 0.478. The van der Waals surface area contributed by atoms with E-state index in [0.717, 1.165) is 36.2 Å². The third kappa shape index (κ3) is 4.46. The summed E-state index contributed by atoms with van der Waals surface area (Å²) in [5.41, 5.74) is 0. The predicted octanol–water partition coefficient (Wildman–Crippen LogP) is 3.80. The zero-order chi connectivity index (χ0) is 19.3. The van der Waals surface area contributed by atoms with Crippen LogP contribution in [0.15, 0.2) is 42.5 Å². The average molecular weight is 381 g/mol. The minimum Gasteiger partial charge on any atom is -0.482 e. The lowest BCUT2D eigenvalue weighted by molar-refractivity contribution is -0.154. The number of carbonyl (C=O) groups excluding carboxylic acids is 2. The van der Waals surface area contributed by atoms with E-state index in [9.17, 15) is 9.59 Å². The second-order valence-corrected chi connectivity index (χ2v) is 7.89. The predicted molar refractivity (Wildman–Crippen MR) is 107 cm³/mol. The van der Waals surface area contributed by atoms with Crippen LogP contribution in [0.3, 0.4) is 0 Å². The van der Waals surface area contributed by atoms with Crippen molar-refractivity contribution in [3.63, 3.8) is 0 Å². The van der Waals surface area contributed by atoms with Crippen molar-refractivity contribution in [1.29, 1.82) is 0 Å². The first-order chi connectivity index (χ1) is 13.7. The van der Waals surface area contributed by atoms with Crippen molar-refractivity contribution in [3.05, 3.63) is 42.5 Å². The highest BCUT2D eigenvalue weighted by molar-refractivity contribution is 5.84. The zero-order valence-corrected chi connectivity index (χ0v) is 16.1. The third-order valence-corrected chi connectivity index (χ3v) is 6.08. The Morgan fingerprint density at radius 2 is 1.71 bits per heavy atom. The smallest absolute Gasteiger partial charge is 0.344 e. The molecule has 0 aromatic heterocycles. The van der Waals surface area contributed by atoms with Crippen LogP contribution in [0.4, 0.5) is 0 Å². The van der Waals surface area contributed by atoms with E-state index in [0.29, 0.717) is 11.7 Å². The molecule has 2 aromatic carbocycles. The van der Waals surface area contributed by atoms with Crippen LogP contribution in [0.5, 0.6) is 5.75 Å². The van der Waals surface area contributed by atoms with E-state index >= 15 is 0 Å². The fourth-order valence-electron chi connectivity index (χ4n) is 4.50. The summed E-state index contributed by atoms with van der Waals surface area (Å²) in [6.45, 7) is 1.20. The largest absolute Gasteiger partial charge is 0.482 e. The van der Waals surface area contributed by atoms with Crippen LogP contribution in [-0.2, 0) is 14.3 Å². The Labute approximate surface area is 165 Å². The number of ether oxygens (including phenoxy) is 2. The van der Waals surface area contributed by atoms with Gasteiger partial charge in [0.15, 0.2) is 13.2 Å². The lowest BCUT2D eigenvalue weighted by atomic mass is 9.75. The molecule has 1 amide bonds. The Morgan fingerprint density at radius 1 is 0.929 bits per heavy atom. The first-order valence-electron chi connectivity index (χ1n) is 10.2. The van der Waals surface area contributed by atoms with Crippen LogP contribution in [0.1, 0.15) is 32.1 Å². The van der Waals surface area contributed by atoms with Crippen molar-refractivity contribution >= 4 is 22.6 Å². The molecule has 1 saturated carbocycles. The van der Waals surface area contributed by atoms with Crippen LogP contribution in [0.2, 0.25) is 0 Å². The highest BCUT2D eigenvalue weighted by Crippen LogP contribution is 2.36. The lowest BCUT2D eigenvalue weighted by Crippen LogP contribution is -2.46. The zero-order valence-electron chi connectivity index (χ0n) is 16.1. The molecule has 0 bridgehead atoms. The minimum atomic E-state index is -0.519. The molecule has 0 spiro atoms. The highest BCUT2D eigenvalue weighted by atomic mass is 16.6. The minimum absolute atomic E-state index is 0.0944. The van der Waals surface area contributed by atoms with Gasteiger partial charge in [-0.25, -0.2) is 4.79 Å². The quantitative estimate of drug-likeness (QED) is 0.739. The summed E-state index contributed by atoms with van der Waals surface area (Å²) in [6.07, 6.45) is 6.19. The average Bonchev–Trinajstić information content (AvgIpc) is 2.75. The Kier molecular flexibility index (Phi) is 5.79. The van der Waals surface area contributed by atoms with Crippen LogP contribution < -0.4 is 4.74 Å². The van der Waals surface area contributed by atoms with Crippen LogP contribution in [0, 0.1) is 11.8 Å². The van der Waals surface area contributed by atoms with Gasteiger partial charge in [-0.2, -0.15) is 0 Å². The topological polar surface area (TPSA) is 55.8 Å². The Bertz CT molecular complexity index is 849. The summed E-state index contributed by atoms with van der Waals surface area (Å²) in [7, 11) is 0. The molecule has 2 atom stereocenters. The van der Waals surface area contributed by atoms with E-state index in [4.69, 9.17) is 9.47 Å². The molecule has 0 N–H and O–H groups in total. The molecule has 4 rings (SSSR count). The van der Waals surface area contributed by atoms with Gasteiger partial charge in [-0.1, -0.05) is 49.6 Å². The van der Waals surface area contributed by atoms with Crippen LogP contribution in [-0.4, -0.2) is 43.1 Å². The van der Waals surface area contributed by atoms with Gasteiger partial charge in [0.2, 0.25) is 0 Å². The molecule has 5 nitrogen and oxygen atoms in total. The number of carbonyl (C=O) groups is 2. The number of likely N-dealkylation sites (tertiary alicyclic amines) is 1. The number of amides is 1. The van der Waals surface area contributed by atoms with Gasteiger partial charge >= 0.3 is 5.97 Å². The van der Waals surface area contributed by atoms with Crippen molar-refractivity contribution in [1.82, 2.24) is 4.90 Å².